The van der Waals surface area contributed by atoms with Crippen LogP contribution in [-0.4, -0.2) is 11.8 Å². The summed E-state index contributed by atoms with van der Waals surface area (Å²) in [6.45, 7) is 0. The van der Waals surface area contributed by atoms with Crippen molar-refractivity contribution in [2.24, 2.45) is 11.8 Å². The zero-order chi connectivity index (χ0) is 17.4. The smallest absolute Gasteiger partial charge is 0.238 e. The molecule has 0 saturated carbocycles. The summed E-state index contributed by atoms with van der Waals surface area (Å²) in [7, 11) is 0. The molecule has 0 radical (unpaired) electrons. The number of amides is 2. The molecule has 0 spiro atoms. The van der Waals surface area contributed by atoms with Crippen molar-refractivity contribution < 1.29 is 14.3 Å². The predicted molar refractivity (Wildman–Crippen MR) is 95.8 cm³/mol. The van der Waals surface area contributed by atoms with E-state index in [4.69, 9.17) is 16.3 Å². The fraction of sp³-hybridized carbons (Fsp3) is 0.200. The van der Waals surface area contributed by atoms with E-state index in [1.165, 1.54) is 4.90 Å². The Kier molecular flexibility index (Phi) is 4.06. The molecule has 2 aromatic rings. The topological polar surface area (TPSA) is 46.6 Å². The van der Waals surface area contributed by atoms with Crippen LogP contribution in [0.2, 0.25) is 5.02 Å². The molecule has 5 heteroatoms. The molecule has 25 heavy (non-hydrogen) atoms. The zero-order valence-electron chi connectivity index (χ0n) is 13.4. The third kappa shape index (κ3) is 2.94. The lowest BCUT2D eigenvalue weighted by Gasteiger charge is -2.15. The summed E-state index contributed by atoms with van der Waals surface area (Å²) in [6, 6.07) is 14.1. The molecule has 1 saturated heterocycles. The van der Waals surface area contributed by atoms with E-state index in [0.29, 0.717) is 35.1 Å². The first-order valence-corrected chi connectivity index (χ1v) is 8.57. The normalized spacial score (nSPS) is 22.2. The minimum Gasteiger partial charge on any atom is -0.457 e. The van der Waals surface area contributed by atoms with Gasteiger partial charge >= 0.3 is 0 Å². The van der Waals surface area contributed by atoms with Crippen LogP contribution in [0, 0.1) is 11.8 Å². The van der Waals surface area contributed by atoms with E-state index in [1.807, 2.05) is 12.2 Å². The molecule has 1 fully saturated rings. The Morgan fingerprint density at radius 1 is 0.800 bits per heavy atom. The lowest BCUT2D eigenvalue weighted by molar-refractivity contribution is -0.122. The highest BCUT2D eigenvalue weighted by Crippen LogP contribution is 2.38. The molecule has 2 atom stereocenters. The molecule has 4 nitrogen and oxygen atoms in total. The molecule has 0 bridgehead atoms. The Morgan fingerprint density at radius 3 is 1.80 bits per heavy atom. The second-order valence-electron chi connectivity index (χ2n) is 6.22. The van der Waals surface area contributed by atoms with Crippen LogP contribution in [0.15, 0.2) is 60.7 Å². The summed E-state index contributed by atoms with van der Waals surface area (Å²) in [6.07, 6.45) is 5.25. The van der Waals surface area contributed by atoms with Crippen molar-refractivity contribution in [1.82, 2.24) is 0 Å². The van der Waals surface area contributed by atoms with Crippen LogP contribution in [0.25, 0.3) is 0 Å². The van der Waals surface area contributed by atoms with Gasteiger partial charge < -0.3 is 4.74 Å². The van der Waals surface area contributed by atoms with Crippen molar-refractivity contribution in [2.45, 2.75) is 12.8 Å². The number of imide groups is 1. The highest BCUT2D eigenvalue weighted by molar-refractivity contribution is 6.30. The molecule has 2 aromatic carbocycles. The number of fused-ring (bicyclic) bond motifs is 1. The first kappa shape index (κ1) is 15.9. The van der Waals surface area contributed by atoms with Crippen LogP contribution < -0.4 is 9.64 Å². The number of carbonyl (C=O) groups is 2. The van der Waals surface area contributed by atoms with Gasteiger partial charge in [-0.1, -0.05) is 23.8 Å². The van der Waals surface area contributed by atoms with Crippen LogP contribution in [0.3, 0.4) is 0 Å². The third-order valence-corrected chi connectivity index (χ3v) is 4.90. The van der Waals surface area contributed by atoms with Gasteiger partial charge in [0.2, 0.25) is 11.8 Å². The summed E-state index contributed by atoms with van der Waals surface area (Å²) in [5.41, 5.74) is 0.591. The maximum atomic E-state index is 12.6. The summed E-state index contributed by atoms with van der Waals surface area (Å²) >= 11 is 5.86. The fourth-order valence-electron chi connectivity index (χ4n) is 3.36. The van der Waals surface area contributed by atoms with Gasteiger partial charge in [-0.05, 0) is 61.4 Å². The molecule has 1 heterocycles. The van der Waals surface area contributed by atoms with Gasteiger partial charge in [0.05, 0.1) is 17.5 Å². The van der Waals surface area contributed by atoms with Gasteiger partial charge in [0.25, 0.3) is 0 Å². The van der Waals surface area contributed by atoms with Crippen molar-refractivity contribution >= 4 is 29.1 Å². The van der Waals surface area contributed by atoms with E-state index < -0.39 is 0 Å². The molecular weight excluding hydrogens is 338 g/mol. The van der Waals surface area contributed by atoms with Gasteiger partial charge in [-0.2, -0.15) is 0 Å². The lowest BCUT2D eigenvalue weighted by Crippen LogP contribution is -2.30. The first-order valence-electron chi connectivity index (χ1n) is 8.20. The van der Waals surface area contributed by atoms with Gasteiger partial charge in [0.15, 0.2) is 0 Å². The fourth-order valence-corrected chi connectivity index (χ4v) is 3.48. The van der Waals surface area contributed by atoms with Crippen molar-refractivity contribution in [3.8, 4) is 11.5 Å². The molecule has 0 aromatic heterocycles. The second-order valence-corrected chi connectivity index (χ2v) is 6.65. The minimum absolute atomic E-state index is 0.106. The number of carbonyl (C=O) groups excluding carboxylic acids is 2. The Morgan fingerprint density at radius 2 is 1.28 bits per heavy atom. The number of ether oxygens (including phenoxy) is 1. The van der Waals surface area contributed by atoms with Crippen LogP contribution in [0.5, 0.6) is 11.5 Å². The van der Waals surface area contributed by atoms with Crippen molar-refractivity contribution in [3.63, 3.8) is 0 Å². The van der Waals surface area contributed by atoms with Crippen molar-refractivity contribution in [2.75, 3.05) is 4.90 Å². The van der Waals surface area contributed by atoms with Crippen molar-refractivity contribution in [1.29, 1.82) is 0 Å². The molecular formula is C20H16ClNO3. The van der Waals surface area contributed by atoms with Crippen molar-refractivity contribution in [3.05, 3.63) is 65.7 Å². The van der Waals surface area contributed by atoms with E-state index in [1.54, 1.807) is 48.5 Å². The van der Waals surface area contributed by atoms with Gasteiger partial charge in [-0.3, -0.25) is 14.5 Å². The van der Waals surface area contributed by atoms with E-state index >= 15 is 0 Å². The monoisotopic (exact) mass is 353 g/mol. The quantitative estimate of drug-likeness (QED) is 0.599. The molecule has 4 rings (SSSR count). The Balaban J connectivity index is 1.53. The van der Waals surface area contributed by atoms with Gasteiger partial charge in [-0.25, -0.2) is 0 Å². The maximum Gasteiger partial charge on any atom is 0.238 e. The highest BCUT2D eigenvalue weighted by Gasteiger charge is 2.47. The molecule has 2 amide bonds. The predicted octanol–water partition coefficient (Wildman–Crippen LogP) is 4.59. The van der Waals surface area contributed by atoms with E-state index in [2.05, 4.69) is 0 Å². The molecule has 0 N–H and O–H groups in total. The standard InChI is InChI=1S/C20H16ClNO3/c21-13-5-9-15(10-6-13)25-16-11-7-14(8-12-16)22-19(23)17-3-1-2-4-18(17)20(22)24/h1-2,5-12,17-18H,3-4H2/t17-,18-/m1/s1. The highest BCUT2D eigenvalue weighted by atomic mass is 35.5. The molecule has 2 aliphatic rings. The number of halogens is 1. The third-order valence-electron chi connectivity index (χ3n) is 4.65. The van der Waals surface area contributed by atoms with Crippen LogP contribution in [-0.2, 0) is 9.59 Å². The largest absolute Gasteiger partial charge is 0.457 e. The van der Waals surface area contributed by atoms with Crippen LogP contribution in [0.4, 0.5) is 5.69 Å². The zero-order valence-corrected chi connectivity index (χ0v) is 14.1. The number of nitrogens with zero attached hydrogens (tertiary/aromatic N) is 1. The molecule has 0 unspecified atom stereocenters. The van der Waals surface area contributed by atoms with Crippen LogP contribution in [0.1, 0.15) is 12.8 Å². The summed E-state index contributed by atoms with van der Waals surface area (Å²) < 4.78 is 5.74. The maximum absolute atomic E-state index is 12.6. The van der Waals surface area contributed by atoms with Gasteiger partial charge in [0.1, 0.15) is 11.5 Å². The molecule has 1 aliphatic heterocycles. The number of anilines is 1. The summed E-state index contributed by atoms with van der Waals surface area (Å²) in [4.78, 5) is 26.5. The van der Waals surface area contributed by atoms with E-state index in [-0.39, 0.29) is 23.7 Å². The van der Waals surface area contributed by atoms with Gasteiger partial charge in [0, 0.05) is 5.02 Å². The number of allylic oxidation sites excluding steroid dienone is 2. The average molecular weight is 354 g/mol. The number of rotatable bonds is 3. The van der Waals surface area contributed by atoms with Crippen LogP contribution >= 0.6 is 11.6 Å². The molecule has 1 aliphatic carbocycles. The first-order chi connectivity index (χ1) is 12.1. The second kappa shape index (κ2) is 6.37. The van der Waals surface area contributed by atoms with Gasteiger partial charge in [-0.15, -0.1) is 0 Å². The summed E-state index contributed by atoms with van der Waals surface area (Å²) in [5, 5.41) is 0.643. The Hall–Kier alpha value is -2.59. The Labute approximate surface area is 150 Å². The molecule has 126 valence electrons. The Bertz CT molecular complexity index is 816. The lowest BCUT2D eigenvalue weighted by atomic mass is 9.85. The average Bonchev–Trinajstić information content (AvgIpc) is 2.89. The summed E-state index contributed by atoms with van der Waals surface area (Å²) in [5.74, 6) is 0.647. The van der Waals surface area contributed by atoms with E-state index in [9.17, 15) is 9.59 Å². The van der Waals surface area contributed by atoms with E-state index in [0.717, 1.165) is 0 Å². The SMILES string of the molecule is O=C1[C@@H]2CC=CC[C@H]2C(=O)N1c1ccc(Oc2ccc(Cl)cc2)cc1. The number of hydrogen-bond acceptors (Lipinski definition) is 3. The number of benzene rings is 2. The minimum atomic E-state index is -0.220. The number of hydrogen-bond donors (Lipinski definition) is 0.